The standard InChI is InChI=1S/C21H17N3O2/c1-26-19-10-6-5-9-16(19)17-11-12-18-20(23-17)21(25)24(14-22-18)13-15-7-3-2-4-8-15/h2-12,14H,13H2,1H3. The molecule has 0 saturated carbocycles. The number of aromatic nitrogens is 3. The number of methoxy groups -OCH3 is 1. The molecule has 26 heavy (non-hydrogen) atoms. The first-order valence-corrected chi connectivity index (χ1v) is 8.30. The third kappa shape index (κ3) is 2.95. The number of pyridine rings is 1. The third-order valence-corrected chi connectivity index (χ3v) is 4.25. The Hall–Kier alpha value is -3.47. The molecule has 0 amide bonds. The van der Waals surface area contributed by atoms with Crippen molar-refractivity contribution in [3.05, 3.63) is 89.0 Å². The molecule has 0 aliphatic rings. The van der Waals surface area contributed by atoms with E-state index in [2.05, 4.69) is 9.97 Å². The number of hydrogen-bond acceptors (Lipinski definition) is 4. The van der Waals surface area contributed by atoms with Crippen LogP contribution in [0.5, 0.6) is 5.75 Å². The van der Waals surface area contributed by atoms with Gasteiger partial charge in [0.1, 0.15) is 5.75 Å². The zero-order valence-electron chi connectivity index (χ0n) is 14.3. The second-order valence-corrected chi connectivity index (χ2v) is 5.93. The summed E-state index contributed by atoms with van der Waals surface area (Å²) in [6.45, 7) is 0.461. The molecule has 0 radical (unpaired) electrons. The largest absolute Gasteiger partial charge is 0.496 e. The van der Waals surface area contributed by atoms with E-state index in [-0.39, 0.29) is 5.56 Å². The monoisotopic (exact) mass is 343 g/mol. The van der Waals surface area contributed by atoms with E-state index in [0.29, 0.717) is 29.0 Å². The van der Waals surface area contributed by atoms with Gasteiger partial charge >= 0.3 is 0 Å². The molecule has 0 fully saturated rings. The Labute approximate surface area is 150 Å². The van der Waals surface area contributed by atoms with E-state index in [4.69, 9.17) is 4.74 Å². The summed E-state index contributed by atoms with van der Waals surface area (Å²) in [4.78, 5) is 21.9. The number of benzene rings is 2. The van der Waals surface area contributed by atoms with Gasteiger partial charge < -0.3 is 4.74 Å². The minimum atomic E-state index is -0.157. The van der Waals surface area contributed by atoms with Crippen LogP contribution in [0.3, 0.4) is 0 Å². The lowest BCUT2D eigenvalue weighted by molar-refractivity contribution is 0.416. The number of nitrogens with zero attached hydrogens (tertiary/aromatic N) is 3. The molecule has 0 bridgehead atoms. The second kappa shape index (κ2) is 6.80. The molecule has 0 spiro atoms. The van der Waals surface area contributed by atoms with Crippen molar-refractivity contribution in [3.63, 3.8) is 0 Å². The fourth-order valence-corrected chi connectivity index (χ4v) is 2.93. The van der Waals surface area contributed by atoms with Crippen molar-refractivity contribution in [1.82, 2.24) is 14.5 Å². The van der Waals surface area contributed by atoms with Gasteiger partial charge in [-0.2, -0.15) is 0 Å². The molecule has 5 heteroatoms. The Balaban J connectivity index is 1.82. The molecule has 128 valence electrons. The van der Waals surface area contributed by atoms with Crippen LogP contribution in [0.2, 0.25) is 0 Å². The Morgan fingerprint density at radius 1 is 0.962 bits per heavy atom. The number of hydrogen-bond donors (Lipinski definition) is 0. The summed E-state index contributed by atoms with van der Waals surface area (Å²) in [5, 5.41) is 0. The minimum absolute atomic E-state index is 0.157. The van der Waals surface area contributed by atoms with Crippen LogP contribution in [0, 0.1) is 0 Å². The van der Waals surface area contributed by atoms with Crippen molar-refractivity contribution in [2.24, 2.45) is 0 Å². The summed E-state index contributed by atoms with van der Waals surface area (Å²) in [6.07, 6.45) is 1.57. The topological polar surface area (TPSA) is 57.0 Å². The third-order valence-electron chi connectivity index (χ3n) is 4.25. The number of para-hydroxylation sites is 1. The summed E-state index contributed by atoms with van der Waals surface area (Å²) < 4.78 is 6.99. The molecule has 0 aliphatic carbocycles. The first-order chi connectivity index (χ1) is 12.8. The zero-order valence-corrected chi connectivity index (χ0v) is 14.3. The summed E-state index contributed by atoms with van der Waals surface area (Å²) in [5.74, 6) is 0.716. The Bertz CT molecular complexity index is 1120. The van der Waals surface area contributed by atoms with Gasteiger partial charge in [-0.25, -0.2) is 9.97 Å². The lowest BCUT2D eigenvalue weighted by atomic mass is 10.1. The van der Waals surface area contributed by atoms with Crippen LogP contribution in [-0.2, 0) is 6.54 Å². The Kier molecular flexibility index (Phi) is 4.19. The van der Waals surface area contributed by atoms with Gasteiger partial charge in [0.05, 0.1) is 31.2 Å². The predicted octanol–water partition coefficient (Wildman–Crippen LogP) is 3.52. The smallest absolute Gasteiger partial charge is 0.280 e. The van der Waals surface area contributed by atoms with Crippen LogP contribution in [0.4, 0.5) is 0 Å². The number of rotatable bonds is 4. The molecule has 0 unspecified atom stereocenters. The summed E-state index contributed by atoms with van der Waals surface area (Å²) in [7, 11) is 1.62. The van der Waals surface area contributed by atoms with Crippen LogP contribution in [0.1, 0.15) is 5.56 Å². The van der Waals surface area contributed by atoms with Crippen molar-refractivity contribution >= 4 is 11.0 Å². The molecule has 0 aliphatic heterocycles. The number of ether oxygens (including phenoxy) is 1. The van der Waals surface area contributed by atoms with Gasteiger partial charge in [-0.1, -0.05) is 42.5 Å². The molecular formula is C21H17N3O2. The van der Waals surface area contributed by atoms with E-state index < -0.39 is 0 Å². The molecule has 2 aromatic heterocycles. The lowest BCUT2D eigenvalue weighted by Gasteiger charge is -2.09. The van der Waals surface area contributed by atoms with Gasteiger partial charge in [0.2, 0.25) is 0 Å². The average Bonchev–Trinajstić information content (AvgIpc) is 2.71. The van der Waals surface area contributed by atoms with Crippen molar-refractivity contribution in [2.75, 3.05) is 7.11 Å². The van der Waals surface area contributed by atoms with Gasteiger partial charge in [0.25, 0.3) is 5.56 Å². The van der Waals surface area contributed by atoms with Crippen molar-refractivity contribution in [2.45, 2.75) is 6.54 Å². The van der Waals surface area contributed by atoms with E-state index in [1.54, 1.807) is 18.0 Å². The van der Waals surface area contributed by atoms with E-state index in [0.717, 1.165) is 11.1 Å². The van der Waals surface area contributed by atoms with E-state index in [1.165, 1.54) is 0 Å². The van der Waals surface area contributed by atoms with Crippen molar-refractivity contribution in [1.29, 1.82) is 0 Å². The van der Waals surface area contributed by atoms with E-state index in [1.807, 2.05) is 66.7 Å². The molecule has 2 heterocycles. The Morgan fingerprint density at radius 2 is 1.73 bits per heavy atom. The van der Waals surface area contributed by atoms with Crippen LogP contribution in [-0.4, -0.2) is 21.6 Å². The quantitative estimate of drug-likeness (QED) is 0.569. The SMILES string of the molecule is COc1ccccc1-c1ccc2ncn(Cc3ccccc3)c(=O)c2n1. The lowest BCUT2D eigenvalue weighted by Crippen LogP contribution is -2.22. The zero-order chi connectivity index (χ0) is 17.9. The molecule has 4 aromatic rings. The van der Waals surface area contributed by atoms with Crippen molar-refractivity contribution in [3.8, 4) is 17.0 Å². The highest BCUT2D eigenvalue weighted by Gasteiger charge is 2.11. The van der Waals surface area contributed by atoms with Gasteiger partial charge in [-0.3, -0.25) is 9.36 Å². The maximum atomic E-state index is 12.9. The molecule has 4 rings (SSSR count). The van der Waals surface area contributed by atoms with E-state index >= 15 is 0 Å². The molecular weight excluding hydrogens is 326 g/mol. The molecule has 5 nitrogen and oxygen atoms in total. The van der Waals surface area contributed by atoms with Crippen LogP contribution < -0.4 is 10.3 Å². The summed E-state index contributed by atoms with van der Waals surface area (Å²) in [5.41, 5.74) is 3.35. The van der Waals surface area contributed by atoms with Crippen LogP contribution >= 0.6 is 0 Å². The normalized spacial score (nSPS) is 10.8. The first kappa shape index (κ1) is 16.0. The maximum Gasteiger partial charge on any atom is 0.280 e. The van der Waals surface area contributed by atoms with E-state index in [9.17, 15) is 4.79 Å². The average molecular weight is 343 g/mol. The number of fused-ring (bicyclic) bond motifs is 1. The van der Waals surface area contributed by atoms with Gasteiger partial charge in [0, 0.05) is 5.56 Å². The predicted molar refractivity (Wildman–Crippen MR) is 101 cm³/mol. The highest BCUT2D eigenvalue weighted by molar-refractivity contribution is 5.78. The highest BCUT2D eigenvalue weighted by Crippen LogP contribution is 2.28. The summed E-state index contributed by atoms with van der Waals surface area (Å²) >= 11 is 0. The molecule has 0 N–H and O–H groups in total. The fraction of sp³-hybridized carbons (Fsp3) is 0.0952. The first-order valence-electron chi connectivity index (χ1n) is 8.30. The summed E-state index contributed by atoms with van der Waals surface area (Å²) in [6, 6.07) is 21.1. The second-order valence-electron chi connectivity index (χ2n) is 5.93. The van der Waals surface area contributed by atoms with Crippen molar-refractivity contribution < 1.29 is 4.74 Å². The van der Waals surface area contributed by atoms with Gasteiger partial charge in [-0.15, -0.1) is 0 Å². The maximum absolute atomic E-state index is 12.9. The molecule has 2 aromatic carbocycles. The van der Waals surface area contributed by atoms with Gasteiger partial charge in [0.15, 0.2) is 5.52 Å². The van der Waals surface area contributed by atoms with Crippen LogP contribution in [0.15, 0.2) is 77.9 Å². The van der Waals surface area contributed by atoms with Gasteiger partial charge in [-0.05, 0) is 29.8 Å². The minimum Gasteiger partial charge on any atom is -0.496 e. The molecule has 0 saturated heterocycles. The van der Waals surface area contributed by atoms with Crippen LogP contribution in [0.25, 0.3) is 22.3 Å². The molecule has 0 atom stereocenters. The Morgan fingerprint density at radius 3 is 2.54 bits per heavy atom. The fourth-order valence-electron chi connectivity index (χ4n) is 2.93. The highest BCUT2D eigenvalue weighted by atomic mass is 16.5.